The van der Waals surface area contributed by atoms with Gasteiger partial charge in [-0.2, -0.15) is 0 Å². The van der Waals surface area contributed by atoms with Crippen molar-refractivity contribution in [2.24, 2.45) is 5.73 Å². The zero-order valence-corrected chi connectivity index (χ0v) is 10.2. The summed E-state index contributed by atoms with van der Waals surface area (Å²) in [5.41, 5.74) is 6.99. The minimum Gasteiger partial charge on any atom is -0.383 e. The maximum atomic E-state index is 14.0. The molecular formula is C13H19FN2O. The fourth-order valence-corrected chi connectivity index (χ4v) is 1.99. The molecule has 0 unspecified atom stereocenters. The zero-order chi connectivity index (χ0) is 12.3. The molecule has 2 N–H and O–H groups in total. The van der Waals surface area contributed by atoms with E-state index in [1.807, 2.05) is 12.1 Å². The van der Waals surface area contributed by atoms with Gasteiger partial charge < -0.3 is 15.4 Å². The van der Waals surface area contributed by atoms with Gasteiger partial charge in [-0.25, -0.2) is 4.39 Å². The van der Waals surface area contributed by atoms with Gasteiger partial charge in [0.1, 0.15) is 5.82 Å². The van der Waals surface area contributed by atoms with Crippen molar-refractivity contribution in [3.05, 3.63) is 29.6 Å². The van der Waals surface area contributed by atoms with Crippen molar-refractivity contribution >= 4 is 5.69 Å². The highest BCUT2D eigenvalue weighted by molar-refractivity contribution is 5.51. The zero-order valence-electron chi connectivity index (χ0n) is 10.2. The van der Waals surface area contributed by atoms with Crippen molar-refractivity contribution in [3.63, 3.8) is 0 Å². The minimum atomic E-state index is -0.184. The van der Waals surface area contributed by atoms with Gasteiger partial charge in [0.2, 0.25) is 0 Å². The molecule has 0 aromatic heterocycles. The lowest BCUT2D eigenvalue weighted by Gasteiger charge is -2.25. The van der Waals surface area contributed by atoms with Crippen LogP contribution in [0.2, 0.25) is 0 Å². The molecule has 1 aliphatic carbocycles. The van der Waals surface area contributed by atoms with E-state index in [1.54, 1.807) is 7.11 Å². The predicted octanol–water partition coefficient (Wildman–Crippen LogP) is 1.90. The normalized spacial score (nSPS) is 15.0. The molecule has 0 spiro atoms. The summed E-state index contributed by atoms with van der Waals surface area (Å²) in [6.07, 6.45) is 2.28. The maximum absolute atomic E-state index is 14.0. The van der Waals surface area contributed by atoms with Gasteiger partial charge in [-0.05, 0) is 30.5 Å². The van der Waals surface area contributed by atoms with Crippen LogP contribution in [0.5, 0.6) is 0 Å². The first kappa shape index (κ1) is 12.3. The van der Waals surface area contributed by atoms with Crippen LogP contribution in [0.15, 0.2) is 18.2 Å². The number of hydrogen-bond acceptors (Lipinski definition) is 3. The van der Waals surface area contributed by atoms with Gasteiger partial charge in [-0.3, -0.25) is 0 Å². The quantitative estimate of drug-likeness (QED) is 0.822. The minimum absolute atomic E-state index is 0.184. The second-order valence-corrected chi connectivity index (χ2v) is 4.41. The Bertz CT molecular complexity index is 380. The van der Waals surface area contributed by atoms with E-state index in [-0.39, 0.29) is 5.82 Å². The van der Waals surface area contributed by atoms with E-state index in [9.17, 15) is 4.39 Å². The molecule has 0 bridgehead atoms. The fraction of sp³-hybridized carbons (Fsp3) is 0.538. The van der Waals surface area contributed by atoms with Crippen LogP contribution in [0.3, 0.4) is 0 Å². The van der Waals surface area contributed by atoms with E-state index in [2.05, 4.69) is 4.90 Å². The largest absolute Gasteiger partial charge is 0.383 e. The van der Waals surface area contributed by atoms with Crippen molar-refractivity contribution < 1.29 is 9.13 Å². The highest BCUT2D eigenvalue weighted by Crippen LogP contribution is 2.33. The van der Waals surface area contributed by atoms with Crippen molar-refractivity contribution in [2.45, 2.75) is 25.4 Å². The second kappa shape index (κ2) is 5.47. The Morgan fingerprint density at radius 1 is 1.47 bits per heavy atom. The molecular weight excluding hydrogens is 219 g/mol. The Labute approximate surface area is 101 Å². The Morgan fingerprint density at radius 2 is 2.24 bits per heavy atom. The highest BCUT2D eigenvalue weighted by Gasteiger charge is 2.30. The maximum Gasteiger partial charge on any atom is 0.146 e. The van der Waals surface area contributed by atoms with E-state index in [0.29, 0.717) is 24.9 Å². The molecule has 1 saturated carbocycles. The fourth-order valence-electron chi connectivity index (χ4n) is 1.99. The molecule has 4 heteroatoms. The first-order chi connectivity index (χ1) is 8.26. The number of methoxy groups -OCH3 is 1. The monoisotopic (exact) mass is 238 g/mol. The van der Waals surface area contributed by atoms with E-state index < -0.39 is 0 Å². The second-order valence-electron chi connectivity index (χ2n) is 4.41. The average molecular weight is 238 g/mol. The van der Waals surface area contributed by atoms with Crippen LogP contribution in [-0.2, 0) is 11.3 Å². The van der Waals surface area contributed by atoms with Gasteiger partial charge in [0.15, 0.2) is 0 Å². The van der Waals surface area contributed by atoms with Crippen molar-refractivity contribution in [3.8, 4) is 0 Å². The summed E-state index contributed by atoms with van der Waals surface area (Å²) < 4.78 is 19.0. The topological polar surface area (TPSA) is 38.5 Å². The molecule has 2 rings (SSSR count). The lowest BCUT2D eigenvalue weighted by molar-refractivity contribution is 0.204. The van der Waals surface area contributed by atoms with Gasteiger partial charge in [0.05, 0.1) is 12.3 Å². The molecule has 0 saturated heterocycles. The highest BCUT2D eigenvalue weighted by atomic mass is 19.1. The first-order valence-corrected chi connectivity index (χ1v) is 6.00. The Morgan fingerprint density at radius 3 is 2.76 bits per heavy atom. The van der Waals surface area contributed by atoms with Gasteiger partial charge in [0, 0.05) is 26.2 Å². The predicted molar refractivity (Wildman–Crippen MR) is 66.5 cm³/mol. The van der Waals surface area contributed by atoms with E-state index in [0.717, 1.165) is 24.9 Å². The van der Waals surface area contributed by atoms with Crippen LogP contribution in [-0.4, -0.2) is 26.3 Å². The van der Waals surface area contributed by atoms with Crippen LogP contribution in [0.1, 0.15) is 18.4 Å². The molecule has 3 nitrogen and oxygen atoms in total. The summed E-state index contributed by atoms with van der Waals surface area (Å²) in [6.45, 7) is 1.73. The van der Waals surface area contributed by atoms with Crippen LogP contribution in [0.25, 0.3) is 0 Å². The standard InChI is InChI=1S/C13H19FN2O/c1-17-7-6-16(11-3-4-11)13-5-2-10(9-15)8-12(13)14/h2,5,8,11H,3-4,6-7,9,15H2,1H3. The lowest BCUT2D eigenvalue weighted by Crippen LogP contribution is -2.30. The number of halogens is 1. The molecule has 0 aliphatic heterocycles. The number of nitrogens with two attached hydrogens (primary N) is 1. The molecule has 1 fully saturated rings. The van der Waals surface area contributed by atoms with Crippen molar-refractivity contribution in [1.29, 1.82) is 0 Å². The smallest absolute Gasteiger partial charge is 0.146 e. The van der Waals surface area contributed by atoms with Gasteiger partial charge in [-0.1, -0.05) is 6.07 Å². The summed E-state index contributed by atoms with van der Waals surface area (Å²) in [4.78, 5) is 2.10. The Hall–Kier alpha value is -1.13. The summed E-state index contributed by atoms with van der Waals surface area (Å²) in [5.74, 6) is -0.184. The summed E-state index contributed by atoms with van der Waals surface area (Å²) in [5, 5.41) is 0. The third-order valence-corrected chi connectivity index (χ3v) is 3.08. The molecule has 0 amide bonds. The van der Waals surface area contributed by atoms with Crippen LogP contribution in [0, 0.1) is 5.82 Å². The first-order valence-electron chi connectivity index (χ1n) is 6.00. The van der Waals surface area contributed by atoms with E-state index in [1.165, 1.54) is 6.07 Å². The van der Waals surface area contributed by atoms with E-state index in [4.69, 9.17) is 10.5 Å². The number of anilines is 1. The van der Waals surface area contributed by atoms with Crippen molar-refractivity contribution in [2.75, 3.05) is 25.2 Å². The molecule has 1 aliphatic rings. The summed E-state index contributed by atoms with van der Waals surface area (Å²) in [6, 6.07) is 5.72. The summed E-state index contributed by atoms with van der Waals surface area (Å²) in [7, 11) is 1.67. The number of hydrogen-bond donors (Lipinski definition) is 1. The number of nitrogens with zero attached hydrogens (tertiary/aromatic N) is 1. The van der Waals surface area contributed by atoms with E-state index >= 15 is 0 Å². The number of benzene rings is 1. The molecule has 0 atom stereocenters. The third-order valence-electron chi connectivity index (χ3n) is 3.08. The van der Waals surface area contributed by atoms with Crippen molar-refractivity contribution in [1.82, 2.24) is 0 Å². The molecule has 1 aromatic carbocycles. The third kappa shape index (κ3) is 2.96. The molecule has 94 valence electrons. The SMILES string of the molecule is COCCN(c1ccc(CN)cc1F)C1CC1. The Kier molecular flexibility index (Phi) is 3.97. The molecule has 17 heavy (non-hydrogen) atoms. The number of rotatable bonds is 6. The van der Waals surface area contributed by atoms with Crippen LogP contribution >= 0.6 is 0 Å². The van der Waals surface area contributed by atoms with Crippen LogP contribution in [0.4, 0.5) is 10.1 Å². The summed E-state index contributed by atoms with van der Waals surface area (Å²) >= 11 is 0. The Balaban J connectivity index is 2.16. The number of ether oxygens (including phenoxy) is 1. The van der Waals surface area contributed by atoms with Gasteiger partial charge in [0.25, 0.3) is 0 Å². The van der Waals surface area contributed by atoms with Gasteiger partial charge in [-0.15, -0.1) is 0 Å². The average Bonchev–Trinajstić information content (AvgIpc) is 3.15. The molecule has 0 heterocycles. The lowest BCUT2D eigenvalue weighted by atomic mass is 10.2. The van der Waals surface area contributed by atoms with Gasteiger partial charge >= 0.3 is 0 Å². The molecule has 0 radical (unpaired) electrons. The van der Waals surface area contributed by atoms with Crippen LogP contribution < -0.4 is 10.6 Å². The molecule has 1 aromatic rings.